The molecular weight excluding hydrogens is 555 g/mol. The van der Waals surface area contributed by atoms with Crippen LogP contribution >= 0.6 is 6.49 Å². The second-order valence-corrected chi connectivity index (χ2v) is 12.9. The lowest BCUT2D eigenvalue weighted by atomic mass is 10.1. The number of aromatic amines is 1. The Morgan fingerprint density at radius 3 is 2.85 bits per heavy atom. The summed E-state index contributed by atoms with van der Waals surface area (Å²) in [6, 6.07) is 0. The highest BCUT2D eigenvalue weighted by molar-refractivity contribution is 8.09. The summed E-state index contributed by atoms with van der Waals surface area (Å²) in [4.78, 5) is 42.3. The second-order valence-electron chi connectivity index (χ2n) is 9.30. The summed E-state index contributed by atoms with van der Waals surface area (Å²) >= 11 is 5.54. The van der Waals surface area contributed by atoms with E-state index in [4.69, 9.17) is 37.3 Å². The quantitative estimate of drug-likeness (QED) is 0.137. The highest BCUT2D eigenvalue weighted by atomic mass is 32.5. The van der Waals surface area contributed by atoms with Gasteiger partial charge >= 0.3 is 0 Å². The Morgan fingerprint density at radius 1 is 1.23 bits per heavy atom. The molecule has 7 atom stereocenters. The molecule has 8 N–H and O–H groups in total. The van der Waals surface area contributed by atoms with Gasteiger partial charge in [0.1, 0.15) is 24.8 Å². The highest BCUT2D eigenvalue weighted by Crippen LogP contribution is 2.57. The Kier molecular flexibility index (Phi) is 6.59. The summed E-state index contributed by atoms with van der Waals surface area (Å²) < 4.78 is 20.7. The van der Waals surface area contributed by atoms with Crippen molar-refractivity contribution in [3.8, 4) is 0 Å². The number of nitrogens with one attached hydrogen (secondary N) is 1. The number of hydrogen-bond acceptors (Lipinski definition) is 14. The van der Waals surface area contributed by atoms with Crippen molar-refractivity contribution in [3.05, 3.63) is 34.9 Å². The van der Waals surface area contributed by atoms with Gasteiger partial charge in [-0.3, -0.25) is 14.3 Å². The van der Waals surface area contributed by atoms with Gasteiger partial charge in [0.2, 0.25) is 5.95 Å². The molecule has 19 heteroatoms. The molecular formula is C20H25N10O7PS. The van der Waals surface area contributed by atoms with Crippen molar-refractivity contribution in [2.45, 2.75) is 49.1 Å². The van der Waals surface area contributed by atoms with E-state index < -0.39 is 48.4 Å². The predicted octanol–water partition coefficient (Wildman–Crippen LogP) is -1.42. The SMILES string of the molecule is Nc1nc2c(ncn2[C@@H]2OC(CO)C[C@H]2P(O)(=S)OC[C@H]2O[C@@H](c3cnc4c(N)ncnn34)C[C@@H]2O)c(=O)[nH]1. The smallest absolute Gasteiger partial charge is 0.280 e. The number of anilines is 2. The molecule has 0 aliphatic carbocycles. The van der Waals surface area contributed by atoms with E-state index in [1.807, 2.05) is 0 Å². The molecule has 208 valence electrons. The van der Waals surface area contributed by atoms with E-state index in [1.165, 1.54) is 21.7 Å². The molecule has 6 rings (SSSR count). The largest absolute Gasteiger partial charge is 0.394 e. The van der Waals surface area contributed by atoms with Gasteiger partial charge in [0.05, 0.1) is 49.3 Å². The van der Waals surface area contributed by atoms with Crippen LogP contribution in [0.5, 0.6) is 0 Å². The lowest BCUT2D eigenvalue weighted by Crippen LogP contribution is -2.28. The van der Waals surface area contributed by atoms with Crippen LogP contribution in [-0.2, 0) is 25.8 Å². The highest BCUT2D eigenvalue weighted by Gasteiger charge is 2.47. The van der Waals surface area contributed by atoms with E-state index in [0.29, 0.717) is 11.3 Å². The molecule has 0 aromatic carbocycles. The number of hydrogen-bond donors (Lipinski definition) is 6. The van der Waals surface area contributed by atoms with E-state index in [0.717, 1.165) is 0 Å². The zero-order valence-corrected chi connectivity index (χ0v) is 21.9. The van der Waals surface area contributed by atoms with E-state index in [9.17, 15) is 19.9 Å². The molecule has 17 nitrogen and oxygen atoms in total. The molecule has 0 saturated carbocycles. The van der Waals surface area contributed by atoms with E-state index >= 15 is 0 Å². The number of aromatic nitrogens is 8. The van der Waals surface area contributed by atoms with E-state index in [1.54, 1.807) is 6.20 Å². The molecule has 6 heterocycles. The average molecular weight is 581 g/mol. The molecule has 0 radical (unpaired) electrons. The van der Waals surface area contributed by atoms with Gasteiger partial charge in [-0.15, -0.1) is 0 Å². The Bertz CT molecular complexity index is 1640. The number of H-pyrrole nitrogens is 1. The van der Waals surface area contributed by atoms with E-state index in [-0.39, 0.29) is 49.0 Å². The molecule has 0 amide bonds. The topological polar surface area (TPSA) is 247 Å². The normalized spacial score (nSPS) is 28.9. The number of nitrogens with zero attached hydrogens (tertiary/aromatic N) is 7. The molecule has 2 aliphatic heterocycles. The zero-order chi connectivity index (χ0) is 27.5. The van der Waals surface area contributed by atoms with Crippen molar-refractivity contribution in [2.24, 2.45) is 0 Å². The third kappa shape index (κ3) is 4.57. The summed E-state index contributed by atoms with van der Waals surface area (Å²) in [6.45, 7) is -4.17. The number of aliphatic hydroxyl groups is 2. The summed E-state index contributed by atoms with van der Waals surface area (Å²) in [5.74, 6) is 0.0857. The van der Waals surface area contributed by atoms with Gasteiger partial charge < -0.3 is 40.6 Å². The molecule has 0 bridgehead atoms. The number of ether oxygens (including phenoxy) is 2. The van der Waals surface area contributed by atoms with Crippen LogP contribution in [0, 0.1) is 0 Å². The molecule has 2 unspecified atom stereocenters. The third-order valence-corrected chi connectivity index (χ3v) is 9.80. The van der Waals surface area contributed by atoms with Crippen LogP contribution in [-0.4, -0.2) is 91.4 Å². The molecule has 2 saturated heterocycles. The van der Waals surface area contributed by atoms with Gasteiger partial charge in [-0.1, -0.05) is 0 Å². The first kappa shape index (κ1) is 26.1. The molecule has 2 aliphatic rings. The van der Waals surface area contributed by atoms with Crippen molar-refractivity contribution in [1.82, 2.24) is 39.1 Å². The predicted molar refractivity (Wildman–Crippen MR) is 138 cm³/mol. The number of rotatable bonds is 7. The summed E-state index contributed by atoms with van der Waals surface area (Å²) in [5.41, 5.74) is 11.3. The van der Waals surface area contributed by atoms with Crippen LogP contribution in [0.15, 0.2) is 23.6 Å². The van der Waals surface area contributed by atoms with Crippen molar-refractivity contribution in [1.29, 1.82) is 0 Å². The van der Waals surface area contributed by atoms with Crippen LogP contribution in [0.3, 0.4) is 0 Å². The fraction of sp³-hybridized carbons (Fsp3) is 0.500. The molecule has 4 aromatic rings. The number of nitrogens with two attached hydrogens (primary N) is 2. The van der Waals surface area contributed by atoms with Crippen molar-refractivity contribution in [3.63, 3.8) is 0 Å². The fourth-order valence-electron chi connectivity index (χ4n) is 4.94. The molecule has 0 spiro atoms. The maximum Gasteiger partial charge on any atom is 0.280 e. The van der Waals surface area contributed by atoms with Gasteiger partial charge in [-0.25, -0.2) is 19.5 Å². The number of nitrogen functional groups attached to an aromatic ring is 2. The van der Waals surface area contributed by atoms with Crippen molar-refractivity contribution in [2.75, 3.05) is 24.7 Å². The van der Waals surface area contributed by atoms with Crippen molar-refractivity contribution >= 4 is 46.9 Å². The fourth-order valence-corrected chi connectivity index (χ4v) is 7.28. The zero-order valence-electron chi connectivity index (χ0n) is 20.1. The number of aliphatic hydroxyl groups excluding tert-OH is 2. The summed E-state index contributed by atoms with van der Waals surface area (Å²) in [5, 5.41) is 24.6. The first-order valence-electron chi connectivity index (χ1n) is 11.9. The van der Waals surface area contributed by atoms with Crippen LogP contribution in [0.1, 0.15) is 30.9 Å². The maximum atomic E-state index is 12.2. The lowest BCUT2D eigenvalue weighted by molar-refractivity contribution is -0.0249. The first-order chi connectivity index (χ1) is 18.7. The Hall–Kier alpha value is -3.09. The third-order valence-electron chi connectivity index (χ3n) is 6.85. The Morgan fingerprint density at radius 2 is 2.05 bits per heavy atom. The first-order valence-corrected chi connectivity index (χ1v) is 14.6. The minimum Gasteiger partial charge on any atom is -0.394 e. The van der Waals surface area contributed by atoms with E-state index in [2.05, 4.69) is 30.0 Å². The van der Waals surface area contributed by atoms with Gasteiger partial charge in [-0.2, -0.15) is 10.1 Å². The monoisotopic (exact) mass is 580 g/mol. The minimum atomic E-state index is -3.64. The molecule has 39 heavy (non-hydrogen) atoms. The standard InChI is InChI=1S/C20H25N10O7PS/c21-15-17-23-3-9(30(17)26-6-24-15)11-2-10(32)12(37-11)5-35-38(34,39)13-1-8(4-31)36-19(13)29-7-25-14-16(29)27-20(22)28-18(14)33/h3,6-8,10-13,19,31-32H,1-2,4-5H2,(H,34,39)(H2,21,24,26)(H3,22,27,28,33)/t8?,10-,11+,12+,13+,19+,38?/m0/s1. The summed E-state index contributed by atoms with van der Waals surface area (Å²) in [6.07, 6.45) is 0.683. The lowest BCUT2D eigenvalue weighted by Gasteiger charge is -2.28. The van der Waals surface area contributed by atoms with Crippen molar-refractivity contribution < 1.29 is 29.1 Å². The number of imidazole rings is 2. The van der Waals surface area contributed by atoms with Crippen LogP contribution < -0.4 is 17.0 Å². The Balaban J connectivity index is 1.20. The molecule has 2 fully saturated rings. The maximum absolute atomic E-state index is 12.2. The minimum absolute atomic E-state index is 0.0269. The van der Waals surface area contributed by atoms with Gasteiger partial charge in [0, 0.05) is 6.42 Å². The van der Waals surface area contributed by atoms with Crippen LogP contribution in [0.2, 0.25) is 0 Å². The number of fused-ring (bicyclic) bond motifs is 2. The van der Waals surface area contributed by atoms with Gasteiger partial charge in [0.25, 0.3) is 5.56 Å². The van der Waals surface area contributed by atoms with Crippen LogP contribution in [0.25, 0.3) is 16.8 Å². The van der Waals surface area contributed by atoms with Gasteiger partial charge in [0.15, 0.2) is 29.1 Å². The van der Waals surface area contributed by atoms with Crippen LogP contribution in [0.4, 0.5) is 11.8 Å². The average Bonchev–Trinajstić information content (AvgIpc) is 3.67. The second kappa shape index (κ2) is 9.83. The Labute approximate surface area is 223 Å². The molecule has 4 aromatic heterocycles. The van der Waals surface area contributed by atoms with Gasteiger partial charge in [-0.05, 0) is 18.2 Å². The summed E-state index contributed by atoms with van der Waals surface area (Å²) in [7, 11) is 0.